The zero-order valence-corrected chi connectivity index (χ0v) is 12.9. The van der Waals surface area contributed by atoms with Crippen molar-refractivity contribution in [1.29, 1.82) is 0 Å². The first kappa shape index (κ1) is 15.3. The van der Waals surface area contributed by atoms with Gasteiger partial charge in [0.05, 0.1) is 11.7 Å². The minimum Gasteiger partial charge on any atom is -0.320 e. The fourth-order valence-corrected chi connectivity index (χ4v) is 2.00. The van der Waals surface area contributed by atoms with Crippen molar-refractivity contribution in [3.8, 4) is 5.69 Å². The molecule has 2 aromatic rings. The van der Waals surface area contributed by atoms with Crippen molar-refractivity contribution in [2.24, 2.45) is 11.7 Å². The molecule has 0 fully saturated rings. The van der Waals surface area contributed by atoms with E-state index < -0.39 is 6.04 Å². The standard InChI is InChI=1S/C16H22N4O/c1-10(2)15(17)16(21)18-14-9-12(4)20(19-14)13-7-5-11(3)6-8-13/h5-10,15H,17H2,1-4H3,(H,18,19,21)/t15-/m0/s1. The minimum atomic E-state index is -0.533. The van der Waals surface area contributed by atoms with Crippen molar-refractivity contribution in [2.75, 3.05) is 5.32 Å². The third-order valence-electron chi connectivity index (χ3n) is 3.44. The Bertz CT molecular complexity index is 628. The summed E-state index contributed by atoms with van der Waals surface area (Å²) in [5.41, 5.74) is 8.94. The molecule has 0 saturated heterocycles. The Morgan fingerprint density at radius 2 is 1.86 bits per heavy atom. The van der Waals surface area contributed by atoms with E-state index in [1.54, 1.807) is 4.68 Å². The summed E-state index contributed by atoms with van der Waals surface area (Å²) in [4.78, 5) is 12.0. The molecule has 1 aromatic heterocycles. The smallest absolute Gasteiger partial charge is 0.242 e. The minimum absolute atomic E-state index is 0.0882. The molecule has 3 N–H and O–H groups in total. The van der Waals surface area contributed by atoms with E-state index in [1.165, 1.54) is 5.56 Å². The van der Waals surface area contributed by atoms with Gasteiger partial charge in [-0.05, 0) is 31.9 Å². The summed E-state index contributed by atoms with van der Waals surface area (Å²) in [6.07, 6.45) is 0. The number of benzene rings is 1. The third kappa shape index (κ3) is 3.49. The molecule has 5 nitrogen and oxygen atoms in total. The second-order valence-electron chi connectivity index (χ2n) is 5.68. The molecule has 1 heterocycles. The van der Waals surface area contributed by atoms with Crippen LogP contribution in [-0.4, -0.2) is 21.7 Å². The van der Waals surface area contributed by atoms with Gasteiger partial charge in [-0.1, -0.05) is 31.5 Å². The Morgan fingerprint density at radius 3 is 2.43 bits per heavy atom. The summed E-state index contributed by atoms with van der Waals surface area (Å²) in [7, 11) is 0. The maximum atomic E-state index is 12.0. The number of rotatable bonds is 4. The summed E-state index contributed by atoms with van der Waals surface area (Å²) in [6, 6.07) is 9.37. The van der Waals surface area contributed by atoms with Gasteiger partial charge in [0.15, 0.2) is 5.82 Å². The highest BCUT2D eigenvalue weighted by Crippen LogP contribution is 2.16. The third-order valence-corrected chi connectivity index (χ3v) is 3.44. The second kappa shape index (κ2) is 6.10. The number of carbonyl (C=O) groups is 1. The lowest BCUT2D eigenvalue weighted by atomic mass is 10.1. The van der Waals surface area contributed by atoms with Crippen LogP contribution in [0.3, 0.4) is 0 Å². The van der Waals surface area contributed by atoms with Crippen LogP contribution in [0.5, 0.6) is 0 Å². The zero-order valence-electron chi connectivity index (χ0n) is 12.9. The van der Waals surface area contributed by atoms with Crippen LogP contribution in [0.25, 0.3) is 5.69 Å². The van der Waals surface area contributed by atoms with Crippen molar-refractivity contribution in [1.82, 2.24) is 9.78 Å². The van der Waals surface area contributed by atoms with Crippen LogP contribution >= 0.6 is 0 Å². The maximum Gasteiger partial charge on any atom is 0.242 e. The van der Waals surface area contributed by atoms with Gasteiger partial charge in [0.2, 0.25) is 5.91 Å². The van der Waals surface area contributed by atoms with Gasteiger partial charge in [-0.25, -0.2) is 4.68 Å². The molecule has 0 saturated carbocycles. The molecule has 1 amide bonds. The molecule has 0 aliphatic rings. The van der Waals surface area contributed by atoms with Crippen molar-refractivity contribution < 1.29 is 4.79 Å². The van der Waals surface area contributed by atoms with E-state index in [0.29, 0.717) is 5.82 Å². The first-order chi connectivity index (χ1) is 9.88. The van der Waals surface area contributed by atoms with Crippen molar-refractivity contribution in [3.63, 3.8) is 0 Å². The Hall–Kier alpha value is -2.14. The van der Waals surface area contributed by atoms with Gasteiger partial charge in [0, 0.05) is 11.8 Å². The lowest BCUT2D eigenvalue weighted by molar-refractivity contribution is -0.118. The molecule has 5 heteroatoms. The summed E-state index contributed by atoms with van der Waals surface area (Å²) >= 11 is 0. The number of hydrogen-bond acceptors (Lipinski definition) is 3. The van der Waals surface area contributed by atoms with Gasteiger partial charge in [-0.15, -0.1) is 5.10 Å². The molecule has 0 aliphatic carbocycles. The lowest BCUT2D eigenvalue weighted by Crippen LogP contribution is -2.39. The Labute approximate surface area is 125 Å². The summed E-state index contributed by atoms with van der Waals surface area (Å²) in [5.74, 6) is 0.401. The number of hydrogen-bond donors (Lipinski definition) is 2. The number of carbonyl (C=O) groups excluding carboxylic acids is 1. The first-order valence-electron chi connectivity index (χ1n) is 7.08. The molecule has 0 radical (unpaired) electrons. The molecular weight excluding hydrogens is 264 g/mol. The highest BCUT2D eigenvalue weighted by molar-refractivity contribution is 5.94. The lowest BCUT2D eigenvalue weighted by Gasteiger charge is -2.13. The molecule has 112 valence electrons. The van der Waals surface area contributed by atoms with E-state index in [1.807, 2.05) is 58.0 Å². The largest absolute Gasteiger partial charge is 0.320 e. The summed E-state index contributed by atoms with van der Waals surface area (Å²) in [5, 5.41) is 7.19. The van der Waals surface area contributed by atoms with Gasteiger partial charge in [0.25, 0.3) is 0 Å². The molecule has 1 atom stereocenters. The molecular formula is C16H22N4O. The molecule has 0 unspecified atom stereocenters. The van der Waals surface area contributed by atoms with Gasteiger partial charge in [-0.3, -0.25) is 4.79 Å². The predicted molar refractivity (Wildman–Crippen MR) is 84.5 cm³/mol. The fraction of sp³-hybridized carbons (Fsp3) is 0.375. The van der Waals surface area contributed by atoms with Crippen LogP contribution < -0.4 is 11.1 Å². The number of aryl methyl sites for hydroxylation is 2. The number of nitrogens with zero attached hydrogens (tertiary/aromatic N) is 2. The van der Waals surface area contributed by atoms with Crippen molar-refractivity contribution >= 4 is 11.7 Å². The van der Waals surface area contributed by atoms with Gasteiger partial charge < -0.3 is 11.1 Å². The van der Waals surface area contributed by atoms with Crippen LogP contribution in [0.1, 0.15) is 25.1 Å². The number of aromatic nitrogens is 2. The molecule has 0 spiro atoms. The van der Waals surface area contributed by atoms with Crippen molar-refractivity contribution in [2.45, 2.75) is 33.7 Å². The van der Waals surface area contributed by atoms with E-state index >= 15 is 0 Å². The molecule has 21 heavy (non-hydrogen) atoms. The van der Waals surface area contributed by atoms with Crippen LogP contribution in [-0.2, 0) is 4.79 Å². The normalized spacial score (nSPS) is 12.5. The number of nitrogens with one attached hydrogen (secondary N) is 1. The average Bonchev–Trinajstić information content (AvgIpc) is 2.79. The summed E-state index contributed by atoms with van der Waals surface area (Å²) < 4.78 is 1.80. The highest BCUT2D eigenvalue weighted by atomic mass is 16.2. The number of nitrogens with two attached hydrogens (primary N) is 1. The predicted octanol–water partition coefficient (Wildman–Crippen LogP) is 2.41. The highest BCUT2D eigenvalue weighted by Gasteiger charge is 2.18. The molecule has 0 bridgehead atoms. The topological polar surface area (TPSA) is 72.9 Å². The van der Waals surface area contributed by atoms with Crippen LogP contribution in [0.4, 0.5) is 5.82 Å². The van der Waals surface area contributed by atoms with Gasteiger partial charge in [-0.2, -0.15) is 0 Å². The fourth-order valence-electron chi connectivity index (χ4n) is 2.00. The van der Waals surface area contributed by atoms with Crippen LogP contribution in [0.15, 0.2) is 30.3 Å². The van der Waals surface area contributed by atoms with Gasteiger partial charge >= 0.3 is 0 Å². The monoisotopic (exact) mass is 286 g/mol. The first-order valence-corrected chi connectivity index (χ1v) is 7.08. The van der Waals surface area contributed by atoms with E-state index in [-0.39, 0.29) is 11.8 Å². The van der Waals surface area contributed by atoms with Crippen LogP contribution in [0, 0.1) is 19.8 Å². The zero-order chi connectivity index (χ0) is 15.6. The van der Waals surface area contributed by atoms with E-state index in [4.69, 9.17) is 5.73 Å². The van der Waals surface area contributed by atoms with E-state index in [9.17, 15) is 4.79 Å². The number of amides is 1. The molecule has 2 rings (SSSR count). The summed E-state index contributed by atoms with van der Waals surface area (Å²) in [6.45, 7) is 7.82. The Balaban J connectivity index is 2.20. The average molecular weight is 286 g/mol. The van der Waals surface area contributed by atoms with Crippen molar-refractivity contribution in [3.05, 3.63) is 41.6 Å². The molecule has 0 aliphatic heterocycles. The second-order valence-corrected chi connectivity index (χ2v) is 5.68. The SMILES string of the molecule is Cc1ccc(-n2nc(NC(=O)[C@@H](N)C(C)C)cc2C)cc1. The number of anilines is 1. The van der Waals surface area contributed by atoms with E-state index in [0.717, 1.165) is 11.4 Å². The quantitative estimate of drug-likeness (QED) is 0.906. The Kier molecular flexibility index (Phi) is 4.43. The Morgan fingerprint density at radius 1 is 1.24 bits per heavy atom. The maximum absolute atomic E-state index is 12.0. The van der Waals surface area contributed by atoms with Gasteiger partial charge in [0.1, 0.15) is 0 Å². The molecule has 1 aromatic carbocycles. The van der Waals surface area contributed by atoms with Crippen LogP contribution in [0.2, 0.25) is 0 Å². The van der Waals surface area contributed by atoms with E-state index in [2.05, 4.69) is 10.4 Å².